The van der Waals surface area contributed by atoms with Crippen LogP contribution >= 0.6 is 0 Å². The molecule has 0 spiro atoms. The van der Waals surface area contributed by atoms with Gasteiger partial charge in [0, 0.05) is 23.0 Å². The first-order chi connectivity index (χ1) is 11.9. The van der Waals surface area contributed by atoms with E-state index in [-0.39, 0.29) is 22.3 Å². The molecule has 0 saturated carbocycles. The molecule has 1 heterocycles. The molecule has 0 saturated heterocycles. The number of aromatic nitrogens is 2. The number of aryl methyl sites for hydroxylation is 2. The van der Waals surface area contributed by atoms with Gasteiger partial charge in [0.1, 0.15) is 11.6 Å². The van der Waals surface area contributed by atoms with Gasteiger partial charge < -0.3 is 10.6 Å². The fourth-order valence-corrected chi connectivity index (χ4v) is 3.18. The Labute approximate surface area is 153 Å². The Morgan fingerprint density at radius 1 is 1.04 bits per heavy atom. The highest BCUT2D eigenvalue weighted by Gasteiger charge is 2.17. The second kappa shape index (κ2) is 7.28. The van der Waals surface area contributed by atoms with Crippen molar-refractivity contribution in [2.75, 3.05) is 10.0 Å². The number of carbonyl (C=O) groups is 1. The summed E-state index contributed by atoms with van der Waals surface area (Å²) in [6, 6.07) is 7.06. The molecule has 0 bridgehead atoms. The molecule has 140 valence electrons. The molecule has 0 fully saturated rings. The summed E-state index contributed by atoms with van der Waals surface area (Å²) >= 11 is 0. The van der Waals surface area contributed by atoms with E-state index in [0.717, 1.165) is 0 Å². The maximum Gasteiger partial charge on any atom is 0.319 e. The SMILES string of the molecule is Cc1cc(NS(=O)(=O)c2ccc(NC(=O)NC(C)(C)C)cc2)nc(C)n1. The number of hydrogen-bond donors (Lipinski definition) is 3. The molecule has 2 rings (SSSR count). The maximum absolute atomic E-state index is 12.5. The van der Waals surface area contributed by atoms with Crippen molar-refractivity contribution in [1.29, 1.82) is 0 Å². The third kappa shape index (κ3) is 5.69. The van der Waals surface area contributed by atoms with Gasteiger partial charge in [-0.05, 0) is 58.9 Å². The zero-order chi connectivity index (χ0) is 19.5. The van der Waals surface area contributed by atoms with E-state index >= 15 is 0 Å². The van der Waals surface area contributed by atoms with Gasteiger partial charge in [-0.25, -0.2) is 23.2 Å². The second-order valence-electron chi connectivity index (χ2n) is 6.90. The largest absolute Gasteiger partial charge is 0.333 e. The van der Waals surface area contributed by atoms with Gasteiger partial charge in [-0.15, -0.1) is 0 Å². The number of sulfonamides is 1. The predicted octanol–water partition coefficient (Wildman–Crippen LogP) is 2.81. The van der Waals surface area contributed by atoms with Crippen molar-refractivity contribution in [1.82, 2.24) is 15.3 Å². The van der Waals surface area contributed by atoms with E-state index in [1.807, 2.05) is 20.8 Å². The lowest BCUT2D eigenvalue weighted by molar-refractivity contribution is 0.244. The van der Waals surface area contributed by atoms with Crippen LogP contribution in [0.25, 0.3) is 0 Å². The summed E-state index contributed by atoms with van der Waals surface area (Å²) in [7, 11) is -3.79. The zero-order valence-corrected chi connectivity index (χ0v) is 16.2. The van der Waals surface area contributed by atoms with Crippen LogP contribution in [0.15, 0.2) is 35.2 Å². The number of anilines is 2. The van der Waals surface area contributed by atoms with Gasteiger partial charge in [0.05, 0.1) is 4.90 Å². The van der Waals surface area contributed by atoms with E-state index in [1.54, 1.807) is 19.9 Å². The molecule has 3 N–H and O–H groups in total. The Balaban J connectivity index is 2.12. The van der Waals surface area contributed by atoms with Gasteiger partial charge in [0.15, 0.2) is 0 Å². The topological polar surface area (TPSA) is 113 Å². The first-order valence-electron chi connectivity index (χ1n) is 7.99. The number of benzene rings is 1. The summed E-state index contributed by atoms with van der Waals surface area (Å²) in [5, 5.41) is 5.42. The normalized spacial score (nSPS) is 11.7. The third-order valence-corrected chi connectivity index (χ3v) is 4.49. The minimum atomic E-state index is -3.79. The lowest BCUT2D eigenvalue weighted by Gasteiger charge is -2.20. The molecule has 0 unspecified atom stereocenters. The van der Waals surface area contributed by atoms with Gasteiger partial charge in [0.2, 0.25) is 0 Å². The van der Waals surface area contributed by atoms with E-state index in [0.29, 0.717) is 17.2 Å². The van der Waals surface area contributed by atoms with E-state index in [9.17, 15) is 13.2 Å². The summed E-state index contributed by atoms with van der Waals surface area (Å²) in [6.07, 6.45) is 0. The first kappa shape index (κ1) is 19.6. The molecule has 8 nitrogen and oxygen atoms in total. The van der Waals surface area contributed by atoms with E-state index in [1.165, 1.54) is 24.3 Å². The number of nitrogens with zero attached hydrogens (tertiary/aromatic N) is 2. The first-order valence-corrected chi connectivity index (χ1v) is 9.47. The van der Waals surface area contributed by atoms with Gasteiger partial charge in [0.25, 0.3) is 10.0 Å². The van der Waals surface area contributed by atoms with Crippen LogP contribution in [0.3, 0.4) is 0 Å². The molecule has 9 heteroatoms. The molecule has 1 aromatic carbocycles. The van der Waals surface area contributed by atoms with Crippen LogP contribution in [0.1, 0.15) is 32.3 Å². The number of urea groups is 1. The fourth-order valence-electron chi connectivity index (χ4n) is 2.19. The summed E-state index contributed by atoms with van der Waals surface area (Å²) in [5.41, 5.74) is 0.782. The van der Waals surface area contributed by atoms with Gasteiger partial charge in [-0.1, -0.05) is 0 Å². The Morgan fingerprint density at radius 3 is 2.19 bits per heavy atom. The number of rotatable bonds is 4. The van der Waals surface area contributed by atoms with Crippen LogP contribution in [0.2, 0.25) is 0 Å². The van der Waals surface area contributed by atoms with Crippen LogP contribution in [0.5, 0.6) is 0 Å². The summed E-state index contributed by atoms with van der Waals surface area (Å²) in [5.74, 6) is 0.689. The van der Waals surface area contributed by atoms with Crippen molar-refractivity contribution in [3.8, 4) is 0 Å². The molecule has 2 aromatic rings. The van der Waals surface area contributed by atoms with Gasteiger partial charge in [-0.3, -0.25) is 4.72 Å². The highest BCUT2D eigenvalue weighted by Crippen LogP contribution is 2.18. The number of nitrogens with one attached hydrogen (secondary N) is 3. The molecule has 2 amide bonds. The van der Waals surface area contributed by atoms with Gasteiger partial charge in [-0.2, -0.15) is 0 Å². The van der Waals surface area contributed by atoms with Crippen LogP contribution in [-0.4, -0.2) is 30.0 Å². The molecular weight excluding hydrogens is 354 g/mol. The maximum atomic E-state index is 12.5. The summed E-state index contributed by atoms with van der Waals surface area (Å²) in [6.45, 7) is 9.04. The predicted molar refractivity (Wildman–Crippen MR) is 101 cm³/mol. The quantitative estimate of drug-likeness (QED) is 0.758. The minimum Gasteiger partial charge on any atom is -0.333 e. The molecule has 0 aliphatic rings. The van der Waals surface area contributed by atoms with Crippen molar-refractivity contribution in [2.24, 2.45) is 0 Å². The monoisotopic (exact) mass is 377 g/mol. The molecule has 26 heavy (non-hydrogen) atoms. The molecule has 0 aliphatic carbocycles. The average molecular weight is 377 g/mol. The highest BCUT2D eigenvalue weighted by molar-refractivity contribution is 7.92. The molecule has 0 aliphatic heterocycles. The van der Waals surface area contributed by atoms with E-state index in [2.05, 4.69) is 25.3 Å². The third-order valence-electron chi connectivity index (χ3n) is 3.12. The number of carbonyl (C=O) groups excluding carboxylic acids is 1. The summed E-state index contributed by atoms with van der Waals surface area (Å²) < 4.78 is 27.4. The lowest BCUT2D eigenvalue weighted by atomic mass is 10.1. The Hall–Kier alpha value is -2.68. The molecule has 0 atom stereocenters. The standard InChI is InChI=1S/C17H23N5O3S/c1-11-10-15(19-12(2)18-11)22-26(24,25)14-8-6-13(7-9-14)20-16(23)21-17(3,4)5/h6-10H,1-5H3,(H,18,19,22)(H2,20,21,23). The van der Waals surface area contributed by atoms with Crippen molar-refractivity contribution in [3.05, 3.63) is 41.9 Å². The Morgan fingerprint density at radius 2 is 1.65 bits per heavy atom. The Bertz CT molecular complexity index is 883. The second-order valence-corrected chi connectivity index (χ2v) is 8.58. The summed E-state index contributed by atoms with van der Waals surface area (Å²) in [4.78, 5) is 20.1. The van der Waals surface area contributed by atoms with E-state index in [4.69, 9.17) is 0 Å². The molecule has 1 aromatic heterocycles. The van der Waals surface area contributed by atoms with Gasteiger partial charge >= 0.3 is 6.03 Å². The van der Waals surface area contributed by atoms with Crippen molar-refractivity contribution < 1.29 is 13.2 Å². The lowest BCUT2D eigenvalue weighted by Crippen LogP contribution is -2.43. The van der Waals surface area contributed by atoms with Crippen molar-refractivity contribution in [3.63, 3.8) is 0 Å². The van der Waals surface area contributed by atoms with Crippen molar-refractivity contribution in [2.45, 2.75) is 45.1 Å². The number of amides is 2. The van der Waals surface area contributed by atoms with E-state index < -0.39 is 10.0 Å². The average Bonchev–Trinajstić information content (AvgIpc) is 2.43. The highest BCUT2D eigenvalue weighted by atomic mass is 32.2. The fraction of sp³-hybridized carbons (Fsp3) is 0.353. The Kier molecular flexibility index (Phi) is 5.50. The smallest absolute Gasteiger partial charge is 0.319 e. The zero-order valence-electron chi connectivity index (χ0n) is 15.4. The van der Waals surface area contributed by atoms with Crippen LogP contribution in [0, 0.1) is 13.8 Å². The molecule has 0 radical (unpaired) electrons. The van der Waals surface area contributed by atoms with Crippen LogP contribution < -0.4 is 15.4 Å². The minimum absolute atomic E-state index is 0.0631. The number of hydrogen-bond acceptors (Lipinski definition) is 5. The van der Waals surface area contributed by atoms with Crippen molar-refractivity contribution >= 4 is 27.6 Å². The van der Waals surface area contributed by atoms with Crippen LogP contribution in [-0.2, 0) is 10.0 Å². The van der Waals surface area contributed by atoms with Crippen LogP contribution in [0.4, 0.5) is 16.3 Å². The molecular formula is C17H23N5O3S.